The predicted molar refractivity (Wildman–Crippen MR) is 102 cm³/mol. The summed E-state index contributed by atoms with van der Waals surface area (Å²) >= 11 is 6.21. The van der Waals surface area contributed by atoms with E-state index < -0.39 is 11.9 Å². The van der Waals surface area contributed by atoms with Crippen molar-refractivity contribution in [2.75, 3.05) is 26.4 Å². The van der Waals surface area contributed by atoms with Crippen molar-refractivity contribution >= 4 is 23.5 Å². The fraction of sp³-hybridized carbons (Fsp3) is 0.300. The van der Waals surface area contributed by atoms with Crippen LogP contribution in [0.25, 0.3) is 0 Å². The fourth-order valence-corrected chi connectivity index (χ4v) is 2.76. The van der Waals surface area contributed by atoms with Crippen LogP contribution in [0.5, 0.6) is 17.2 Å². The average molecular weight is 406 g/mol. The molecule has 0 aliphatic carbocycles. The van der Waals surface area contributed by atoms with Crippen LogP contribution in [-0.4, -0.2) is 38.2 Å². The van der Waals surface area contributed by atoms with E-state index in [1.807, 2.05) is 6.07 Å². The summed E-state index contributed by atoms with van der Waals surface area (Å²) in [6.45, 7) is 0.633. The van der Waals surface area contributed by atoms with Gasteiger partial charge in [-0.1, -0.05) is 29.8 Å². The van der Waals surface area contributed by atoms with Gasteiger partial charge in [0.1, 0.15) is 18.9 Å². The number of benzene rings is 2. The molecule has 0 radical (unpaired) electrons. The molecule has 3 rings (SSSR count). The quantitative estimate of drug-likeness (QED) is 0.713. The third-order valence-corrected chi connectivity index (χ3v) is 4.09. The second-order valence-corrected chi connectivity index (χ2v) is 6.40. The van der Waals surface area contributed by atoms with Crippen LogP contribution >= 0.6 is 11.6 Å². The first-order chi connectivity index (χ1) is 13.6. The first-order valence-electron chi connectivity index (χ1n) is 8.80. The molecular weight excluding hydrogens is 386 g/mol. The normalized spacial score (nSPS) is 12.6. The summed E-state index contributed by atoms with van der Waals surface area (Å²) in [5, 5.41) is 2.85. The highest BCUT2D eigenvalue weighted by molar-refractivity contribution is 6.32. The topological polar surface area (TPSA) is 83.1 Å². The highest BCUT2D eigenvalue weighted by atomic mass is 35.5. The first-order valence-corrected chi connectivity index (χ1v) is 9.18. The number of para-hydroxylation sites is 1. The van der Waals surface area contributed by atoms with Gasteiger partial charge in [0.15, 0.2) is 18.1 Å². The molecule has 1 aliphatic rings. The van der Waals surface area contributed by atoms with Gasteiger partial charge in [-0.05, 0) is 29.8 Å². The number of esters is 1. The molecule has 1 aliphatic heterocycles. The number of amides is 1. The maximum absolute atomic E-state index is 11.9. The number of carbonyl (C=O) groups excluding carboxylic acids is 2. The summed E-state index contributed by atoms with van der Waals surface area (Å²) < 4.78 is 21.6. The molecule has 0 unspecified atom stereocenters. The molecular formula is C20H20ClNO6. The Labute approximate surface area is 167 Å². The summed E-state index contributed by atoms with van der Waals surface area (Å²) in [4.78, 5) is 23.6. The molecule has 0 fully saturated rings. The Morgan fingerprint density at radius 3 is 2.71 bits per heavy atom. The predicted octanol–water partition coefficient (Wildman–Crippen LogP) is 2.74. The zero-order valence-corrected chi connectivity index (χ0v) is 15.9. The van der Waals surface area contributed by atoms with Crippen molar-refractivity contribution in [1.29, 1.82) is 0 Å². The Morgan fingerprint density at radius 1 is 1.11 bits per heavy atom. The summed E-state index contributed by atoms with van der Waals surface area (Å²) in [5.41, 5.74) is 0.668. The number of rotatable bonds is 7. The maximum atomic E-state index is 11.9. The van der Waals surface area contributed by atoms with Crippen molar-refractivity contribution in [3.63, 3.8) is 0 Å². The first kappa shape index (κ1) is 19.8. The number of ether oxygens (including phenoxy) is 4. The van der Waals surface area contributed by atoms with E-state index in [0.717, 1.165) is 6.42 Å². The molecule has 1 amide bonds. The van der Waals surface area contributed by atoms with Gasteiger partial charge in [0.25, 0.3) is 5.91 Å². The van der Waals surface area contributed by atoms with Gasteiger partial charge < -0.3 is 24.3 Å². The number of halogens is 1. The van der Waals surface area contributed by atoms with Crippen LogP contribution in [0.1, 0.15) is 12.0 Å². The Morgan fingerprint density at radius 2 is 1.89 bits per heavy atom. The van der Waals surface area contributed by atoms with Crippen molar-refractivity contribution < 1.29 is 28.5 Å². The van der Waals surface area contributed by atoms with E-state index >= 15 is 0 Å². The molecule has 0 saturated heterocycles. The van der Waals surface area contributed by atoms with E-state index in [1.165, 1.54) is 0 Å². The molecule has 2 aromatic carbocycles. The standard InChI is InChI=1S/C20H20ClNO6/c21-16-9-14(10-17-20(16)26-8-4-7-25-17)12-28-19(24)11-22-18(23)13-27-15-5-2-1-3-6-15/h1-3,5-6,9-10H,4,7-8,11-13H2,(H,22,23). The monoisotopic (exact) mass is 405 g/mol. The molecule has 7 nitrogen and oxygen atoms in total. The molecule has 148 valence electrons. The molecule has 0 spiro atoms. The fourth-order valence-electron chi connectivity index (χ4n) is 2.47. The number of hydrogen-bond acceptors (Lipinski definition) is 6. The number of carbonyl (C=O) groups is 2. The van der Waals surface area contributed by atoms with E-state index in [2.05, 4.69) is 5.32 Å². The lowest BCUT2D eigenvalue weighted by molar-refractivity contribution is -0.145. The Hall–Kier alpha value is -2.93. The third kappa shape index (κ3) is 5.79. The number of nitrogens with one attached hydrogen (secondary N) is 1. The number of hydrogen-bond donors (Lipinski definition) is 1. The third-order valence-electron chi connectivity index (χ3n) is 3.80. The maximum Gasteiger partial charge on any atom is 0.325 e. The van der Waals surface area contributed by atoms with Gasteiger partial charge in [0, 0.05) is 6.42 Å². The minimum atomic E-state index is -0.573. The highest BCUT2D eigenvalue weighted by Crippen LogP contribution is 2.38. The molecule has 1 heterocycles. The second kappa shape index (κ2) is 9.85. The Kier molecular flexibility index (Phi) is 6.97. The van der Waals surface area contributed by atoms with Crippen molar-refractivity contribution in [2.24, 2.45) is 0 Å². The highest BCUT2D eigenvalue weighted by Gasteiger charge is 2.16. The zero-order chi connectivity index (χ0) is 19.8. The van der Waals surface area contributed by atoms with Crippen LogP contribution in [0.3, 0.4) is 0 Å². The van der Waals surface area contributed by atoms with Gasteiger partial charge in [0.05, 0.1) is 18.2 Å². The molecule has 2 aromatic rings. The summed E-state index contributed by atoms with van der Waals surface area (Å²) in [6, 6.07) is 12.3. The largest absolute Gasteiger partial charge is 0.489 e. The van der Waals surface area contributed by atoms with Gasteiger partial charge in [0.2, 0.25) is 0 Å². The van der Waals surface area contributed by atoms with Crippen molar-refractivity contribution in [3.05, 3.63) is 53.1 Å². The lowest BCUT2D eigenvalue weighted by atomic mass is 10.2. The van der Waals surface area contributed by atoms with E-state index in [4.69, 9.17) is 30.5 Å². The SMILES string of the molecule is O=C(COc1ccccc1)NCC(=O)OCc1cc(Cl)c2c(c1)OCCCO2. The van der Waals surface area contributed by atoms with Crippen molar-refractivity contribution in [1.82, 2.24) is 5.32 Å². The van der Waals surface area contributed by atoms with Crippen LogP contribution in [-0.2, 0) is 20.9 Å². The molecule has 8 heteroatoms. The Balaban J connectivity index is 1.42. The minimum Gasteiger partial charge on any atom is -0.489 e. The van der Waals surface area contributed by atoms with E-state index in [-0.39, 0.29) is 19.8 Å². The van der Waals surface area contributed by atoms with Crippen LogP contribution < -0.4 is 19.5 Å². The molecule has 1 N–H and O–H groups in total. The van der Waals surface area contributed by atoms with Gasteiger partial charge in [-0.2, -0.15) is 0 Å². The summed E-state index contributed by atoms with van der Waals surface area (Å²) in [7, 11) is 0. The van der Waals surface area contributed by atoms with Crippen LogP contribution in [0.15, 0.2) is 42.5 Å². The zero-order valence-electron chi connectivity index (χ0n) is 15.1. The molecule has 0 aromatic heterocycles. The van der Waals surface area contributed by atoms with Crippen LogP contribution in [0.2, 0.25) is 5.02 Å². The lowest BCUT2D eigenvalue weighted by Crippen LogP contribution is -2.34. The van der Waals surface area contributed by atoms with Crippen LogP contribution in [0, 0.1) is 0 Å². The minimum absolute atomic E-state index is 0.00553. The van der Waals surface area contributed by atoms with Gasteiger partial charge in [-0.25, -0.2) is 0 Å². The van der Waals surface area contributed by atoms with E-state index in [1.54, 1.807) is 36.4 Å². The lowest BCUT2D eigenvalue weighted by Gasteiger charge is -2.12. The van der Waals surface area contributed by atoms with Gasteiger partial charge in [-0.3, -0.25) is 9.59 Å². The molecule has 0 saturated carbocycles. The second-order valence-electron chi connectivity index (χ2n) is 5.99. The van der Waals surface area contributed by atoms with E-state index in [9.17, 15) is 9.59 Å². The van der Waals surface area contributed by atoms with Crippen molar-refractivity contribution in [3.8, 4) is 17.2 Å². The Bertz CT molecular complexity index is 827. The number of fused-ring (bicyclic) bond motifs is 1. The average Bonchev–Trinajstić information content (AvgIpc) is 2.96. The van der Waals surface area contributed by atoms with Gasteiger partial charge in [-0.15, -0.1) is 0 Å². The van der Waals surface area contributed by atoms with Crippen molar-refractivity contribution in [2.45, 2.75) is 13.0 Å². The van der Waals surface area contributed by atoms with Gasteiger partial charge >= 0.3 is 5.97 Å². The van der Waals surface area contributed by atoms with Crippen LogP contribution in [0.4, 0.5) is 0 Å². The molecule has 28 heavy (non-hydrogen) atoms. The van der Waals surface area contributed by atoms with E-state index in [0.29, 0.717) is 41.0 Å². The molecule has 0 bridgehead atoms. The smallest absolute Gasteiger partial charge is 0.325 e. The summed E-state index contributed by atoms with van der Waals surface area (Å²) in [6.07, 6.45) is 0.767. The molecule has 0 atom stereocenters. The summed E-state index contributed by atoms with van der Waals surface area (Å²) in [5.74, 6) is 0.615.